The van der Waals surface area contributed by atoms with Crippen molar-refractivity contribution in [2.75, 3.05) is 0 Å². The second kappa shape index (κ2) is 7.55. The summed E-state index contributed by atoms with van der Waals surface area (Å²) in [4.78, 5) is 12.6. The maximum absolute atomic E-state index is 12.6. The maximum atomic E-state index is 12.6. The molecule has 1 heterocycles. The Morgan fingerprint density at radius 3 is 2.41 bits per heavy atom. The zero-order valence-electron chi connectivity index (χ0n) is 14.6. The van der Waals surface area contributed by atoms with Crippen molar-refractivity contribution >= 4 is 45.2 Å². The van der Waals surface area contributed by atoms with E-state index in [1.807, 2.05) is 0 Å². The average molecular weight is 447 g/mol. The van der Waals surface area contributed by atoms with Crippen molar-refractivity contribution in [2.45, 2.75) is 4.90 Å². The van der Waals surface area contributed by atoms with Crippen molar-refractivity contribution in [1.29, 1.82) is 0 Å². The molecule has 3 aromatic carbocycles. The van der Waals surface area contributed by atoms with Crippen LogP contribution in [0.15, 0.2) is 77.4 Å². The fraction of sp³-hybridized carbons (Fsp3) is 0. The van der Waals surface area contributed by atoms with E-state index in [0.717, 1.165) is 0 Å². The van der Waals surface area contributed by atoms with Gasteiger partial charge in [-0.05, 0) is 48.0 Å². The third kappa shape index (κ3) is 4.00. The number of ketones is 1. The lowest BCUT2D eigenvalue weighted by molar-refractivity contribution is 0.101. The molecule has 4 rings (SSSR count). The molecule has 0 amide bonds. The summed E-state index contributed by atoms with van der Waals surface area (Å²) < 4.78 is 35.5. The Balaban J connectivity index is 1.61. The van der Waals surface area contributed by atoms with Gasteiger partial charge < -0.3 is 8.92 Å². The molecule has 3 aromatic rings. The van der Waals surface area contributed by atoms with Gasteiger partial charge in [0.15, 0.2) is 5.76 Å². The van der Waals surface area contributed by atoms with E-state index < -0.39 is 10.1 Å². The Morgan fingerprint density at radius 2 is 1.69 bits per heavy atom. The molecule has 146 valence electrons. The first-order valence-electron chi connectivity index (χ1n) is 8.36. The quantitative estimate of drug-likeness (QED) is 0.397. The van der Waals surface area contributed by atoms with Gasteiger partial charge in [0.25, 0.3) is 0 Å². The fourth-order valence-electron chi connectivity index (χ4n) is 2.74. The number of fused-ring (bicyclic) bond motifs is 1. The molecule has 0 unspecified atom stereocenters. The van der Waals surface area contributed by atoms with Crippen molar-refractivity contribution in [1.82, 2.24) is 0 Å². The van der Waals surface area contributed by atoms with E-state index in [-0.39, 0.29) is 27.9 Å². The van der Waals surface area contributed by atoms with Crippen LogP contribution in [-0.4, -0.2) is 14.2 Å². The highest BCUT2D eigenvalue weighted by Gasteiger charge is 2.29. The lowest BCUT2D eigenvalue weighted by Gasteiger charge is -2.07. The number of rotatable bonds is 4. The number of allylic oxidation sites excluding steroid dienone is 1. The number of hydrogen-bond acceptors (Lipinski definition) is 5. The third-order valence-electron chi connectivity index (χ3n) is 4.13. The lowest BCUT2D eigenvalue weighted by atomic mass is 10.1. The van der Waals surface area contributed by atoms with Gasteiger partial charge in [0, 0.05) is 16.1 Å². The summed E-state index contributed by atoms with van der Waals surface area (Å²) in [5, 5.41) is 0.843. The van der Waals surface area contributed by atoms with Gasteiger partial charge in [-0.15, -0.1) is 0 Å². The Hall–Kier alpha value is -2.80. The van der Waals surface area contributed by atoms with E-state index in [9.17, 15) is 13.2 Å². The van der Waals surface area contributed by atoms with Crippen LogP contribution in [0.5, 0.6) is 11.5 Å². The van der Waals surface area contributed by atoms with Crippen LogP contribution in [-0.2, 0) is 10.1 Å². The molecular formula is C21H12Cl2O5S. The van der Waals surface area contributed by atoms with Crippen molar-refractivity contribution < 1.29 is 22.1 Å². The van der Waals surface area contributed by atoms with Gasteiger partial charge in [-0.2, -0.15) is 8.42 Å². The zero-order chi connectivity index (χ0) is 20.6. The number of Topliss-reactive ketones (excluding diaryl/α,β-unsaturated/α-hetero) is 1. The van der Waals surface area contributed by atoms with Gasteiger partial charge >= 0.3 is 10.1 Å². The number of carbonyl (C=O) groups excluding carboxylic acids is 1. The molecular weight excluding hydrogens is 435 g/mol. The van der Waals surface area contributed by atoms with Crippen LogP contribution in [0.1, 0.15) is 15.9 Å². The molecule has 0 N–H and O–H groups in total. The molecule has 0 bridgehead atoms. The monoisotopic (exact) mass is 446 g/mol. The minimum Gasteiger partial charge on any atom is -0.452 e. The average Bonchev–Trinajstić information content (AvgIpc) is 2.99. The van der Waals surface area contributed by atoms with E-state index in [1.165, 1.54) is 36.4 Å². The molecule has 1 aliphatic rings. The third-order valence-corrected chi connectivity index (χ3v) is 5.95. The second-order valence-electron chi connectivity index (χ2n) is 6.11. The maximum Gasteiger partial charge on any atom is 0.339 e. The summed E-state index contributed by atoms with van der Waals surface area (Å²) in [7, 11) is -4.00. The standard InChI is InChI=1S/C21H12Cl2O5S/c22-14-7-6-13(18(23)11-14)10-20-21(24)17-9-8-15(12-19(17)27-20)28-29(25,26)16-4-2-1-3-5-16/h1-12H/b20-10-. The lowest BCUT2D eigenvalue weighted by Crippen LogP contribution is -2.09. The fourth-order valence-corrected chi connectivity index (χ4v) is 4.15. The summed E-state index contributed by atoms with van der Waals surface area (Å²) in [5.74, 6) is -0.0472. The number of benzene rings is 3. The highest BCUT2D eigenvalue weighted by Crippen LogP contribution is 2.36. The topological polar surface area (TPSA) is 69.7 Å². The Morgan fingerprint density at radius 1 is 0.931 bits per heavy atom. The molecule has 8 heteroatoms. The number of halogens is 2. The smallest absolute Gasteiger partial charge is 0.339 e. The Bertz CT molecular complexity index is 1250. The van der Waals surface area contributed by atoms with Crippen LogP contribution < -0.4 is 8.92 Å². The van der Waals surface area contributed by atoms with E-state index in [0.29, 0.717) is 21.2 Å². The first-order valence-corrected chi connectivity index (χ1v) is 10.5. The van der Waals surface area contributed by atoms with Crippen molar-refractivity contribution in [3.63, 3.8) is 0 Å². The highest BCUT2D eigenvalue weighted by molar-refractivity contribution is 7.87. The van der Waals surface area contributed by atoms with E-state index >= 15 is 0 Å². The van der Waals surface area contributed by atoms with Crippen LogP contribution in [0.2, 0.25) is 10.0 Å². The molecule has 0 fully saturated rings. The Labute approximate surface area is 177 Å². The normalized spacial score (nSPS) is 14.6. The van der Waals surface area contributed by atoms with E-state index in [2.05, 4.69) is 0 Å². The molecule has 1 aliphatic heterocycles. The molecule has 29 heavy (non-hydrogen) atoms. The van der Waals surface area contributed by atoms with Gasteiger partial charge in [0.1, 0.15) is 16.4 Å². The number of ether oxygens (including phenoxy) is 1. The van der Waals surface area contributed by atoms with E-state index in [1.54, 1.807) is 36.4 Å². The van der Waals surface area contributed by atoms with Gasteiger partial charge in [-0.25, -0.2) is 0 Å². The summed E-state index contributed by atoms with van der Waals surface area (Å²) in [6.45, 7) is 0. The van der Waals surface area contributed by atoms with Crippen LogP contribution in [0.25, 0.3) is 6.08 Å². The molecule has 0 saturated carbocycles. The minimum atomic E-state index is -4.00. The van der Waals surface area contributed by atoms with Crippen LogP contribution in [0.3, 0.4) is 0 Å². The second-order valence-corrected chi connectivity index (χ2v) is 8.50. The van der Waals surface area contributed by atoms with E-state index in [4.69, 9.17) is 32.1 Å². The predicted octanol–water partition coefficient (Wildman–Crippen LogP) is 5.38. The molecule has 0 radical (unpaired) electrons. The first-order chi connectivity index (χ1) is 13.8. The number of hydrogen-bond donors (Lipinski definition) is 0. The summed E-state index contributed by atoms with van der Waals surface area (Å²) in [5.41, 5.74) is 0.862. The highest BCUT2D eigenvalue weighted by atomic mass is 35.5. The number of carbonyl (C=O) groups is 1. The molecule has 5 nitrogen and oxygen atoms in total. The minimum absolute atomic E-state index is 0.0236. The largest absolute Gasteiger partial charge is 0.452 e. The molecule has 0 spiro atoms. The predicted molar refractivity (Wildman–Crippen MR) is 110 cm³/mol. The van der Waals surface area contributed by atoms with Crippen LogP contribution in [0, 0.1) is 0 Å². The van der Waals surface area contributed by atoms with Crippen molar-refractivity contribution in [3.05, 3.63) is 93.7 Å². The molecule has 0 aliphatic carbocycles. The van der Waals surface area contributed by atoms with Gasteiger partial charge in [-0.3, -0.25) is 4.79 Å². The van der Waals surface area contributed by atoms with Gasteiger partial charge in [0.2, 0.25) is 5.78 Å². The van der Waals surface area contributed by atoms with Crippen LogP contribution >= 0.6 is 23.2 Å². The summed E-state index contributed by atoms with van der Waals surface area (Å²) in [6.07, 6.45) is 1.50. The molecule has 0 aromatic heterocycles. The SMILES string of the molecule is O=C1/C(=C/c2ccc(Cl)cc2Cl)Oc2cc(OS(=O)(=O)c3ccccc3)ccc21. The van der Waals surface area contributed by atoms with Crippen molar-refractivity contribution in [3.8, 4) is 11.5 Å². The van der Waals surface area contributed by atoms with Crippen molar-refractivity contribution in [2.24, 2.45) is 0 Å². The summed E-state index contributed by atoms with van der Waals surface area (Å²) in [6, 6.07) is 16.8. The first kappa shape index (κ1) is 19.5. The summed E-state index contributed by atoms with van der Waals surface area (Å²) >= 11 is 12.0. The zero-order valence-corrected chi connectivity index (χ0v) is 17.0. The van der Waals surface area contributed by atoms with Gasteiger partial charge in [0.05, 0.1) is 5.56 Å². The molecule has 0 atom stereocenters. The molecule has 0 saturated heterocycles. The van der Waals surface area contributed by atoms with Crippen LogP contribution in [0.4, 0.5) is 0 Å². The Kier molecular flexibility index (Phi) is 5.08. The van der Waals surface area contributed by atoms with Gasteiger partial charge in [-0.1, -0.05) is 47.5 Å².